The molecule has 21 heavy (non-hydrogen) atoms. The first kappa shape index (κ1) is 13.9. The van der Waals surface area contributed by atoms with Crippen molar-refractivity contribution >= 4 is 40.1 Å². The molecular formula is C15H9ClN2O2S. The summed E-state index contributed by atoms with van der Waals surface area (Å²) in [5, 5.41) is 20.1. The maximum atomic E-state index is 11.1. The summed E-state index contributed by atoms with van der Waals surface area (Å²) in [5.41, 5.74) is 0.0786. The molecule has 3 rings (SSSR count). The van der Waals surface area contributed by atoms with Gasteiger partial charge in [0.05, 0.1) is 16.8 Å². The Morgan fingerprint density at radius 2 is 2.00 bits per heavy atom. The molecule has 4 nitrogen and oxygen atoms in total. The topological polar surface area (TPSA) is 63.1 Å². The van der Waals surface area contributed by atoms with E-state index in [-0.39, 0.29) is 10.6 Å². The number of benzene rings is 2. The van der Waals surface area contributed by atoms with Gasteiger partial charge in [-0.3, -0.25) is 0 Å². The predicted molar refractivity (Wildman–Crippen MR) is 82.1 cm³/mol. The normalized spacial score (nSPS) is 10.7. The summed E-state index contributed by atoms with van der Waals surface area (Å²) in [6, 6.07) is 12.7. The van der Waals surface area contributed by atoms with Crippen molar-refractivity contribution in [2.24, 2.45) is 0 Å². The van der Waals surface area contributed by atoms with Gasteiger partial charge in [0.25, 0.3) is 0 Å². The second kappa shape index (κ2) is 5.71. The van der Waals surface area contributed by atoms with Crippen LogP contribution in [0.2, 0.25) is 5.02 Å². The Morgan fingerprint density at radius 3 is 2.81 bits per heavy atom. The minimum absolute atomic E-state index is 0.0786. The third kappa shape index (κ3) is 2.84. The number of carboxylic acids is 1. The summed E-state index contributed by atoms with van der Waals surface area (Å²) in [7, 11) is 0. The molecule has 0 spiro atoms. The zero-order valence-electron chi connectivity index (χ0n) is 10.7. The lowest BCUT2D eigenvalue weighted by Crippen LogP contribution is -1.97. The maximum Gasteiger partial charge on any atom is 0.337 e. The number of carbonyl (C=O) groups is 1. The van der Waals surface area contributed by atoms with Crippen molar-refractivity contribution < 1.29 is 9.90 Å². The van der Waals surface area contributed by atoms with Gasteiger partial charge < -0.3 is 5.11 Å². The van der Waals surface area contributed by atoms with Crippen molar-refractivity contribution in [1.82, 2.24) is 10.2 Å². The monoisotopic (exact) mass is 316 g/mol. The first-order valence-electron chi connectivity index (χ1n) is 6.06. The van der Waals surface area contributed by atoms with E-state index in [1.807, 2.05) is 24.3 Å². The van der Waals surface area contributed by atoms with E-state index in [0.29, 0.717) is 0 Å². The van der Waals surface area contributed by atoms with E-state index >= 15 is 0 Å². The molecule has 0 amide bonds. The van der Waals surface area contributed by atoms with Crippen LogP contribution in [0.5, 0.6) is 0 Å². The predicted octanol–water partition coefficient (Wildman–Crippen LogP) is 4.13. The number of hydrogen-bond acceptors (Lipinski definition) is 4. The standard InChI is InChI=1S/C15H9ClN2O2S/c16-13-6-5-10(7-12(13)15(19)20)21-14-11-4-2-1-3-9(11)8-17-18-14/h1-8H,(H,19,20). The van der Waals surface area contributed by atoms with Crippen LogP contribution in [0.25, 0.3) is 10.8 Å². The molecule has 0 saturated carbocycles. The Kier molecular flexibility index (Phi) is 3.77. The van der Waals surface area contributed by atoms with Crippen LogP contribution in [-0.4, -0.2) is 21.3 Å². The molecule has 0 bridgehead atoms. The van der Waals surface area contributed by atoms with Gasteiger partial charge in [0.15, 0.2) is 0 Å². The Balaban J connectivity index is 2.03. The summed E-state index contributed by atoms with van der Waals surface area (Å²) >= 11 is 7.23. The lowest BCUT2D eigenvalue weighted by atomic mass is 10.2. The zero-order valence-corrected chi connectivity index (χ0v) is 12.2. The summed E-state index contributed by atoms with van der Waals surface area (Å²) in [6.07, 6.45) is 1.70. The minimum atomic E-state index is -1.05. The second-order valence-corrected chi connectivity index (χ2v) is 5.76. The average molecular weight is 317 g/mol. The molecule has 3 aromatic rings. The van der Waals surface area contributed by atoms with Crippen LogP contribution >= 0.6 is 23.4 Å². The fourth-order valence-corrected chi connectivity index (χ4v) is 3.04. The first-order valence-corrected chi connectivity index (χ1v) is 7.26. The van der Waals surface area contributed by atoms with Crippen LogP contribution in [0.1, 0.15) is 10.4 Å². The number of aromatic nitrogens is 2. The fraction of sp³-hybridized carbons (Fsp3) is 0. The molecule has 6 heteroatoms. The van der Waals surface area contributed by atoms with Crippen LogP contribution in [0, 0.1) is 0 Å². The highest BCUT2D eigenvalue weighted by atomic mass is 35.5. The van der Waals surface area contributed by atoms with Crippen molar-refractivity contribution in [3.63, 3.8) is 0 Å². The quantitative estimate of drug-likeness (QED) is 0.787. The van der Waals surface area contributed by atoms with Crippen molar-refractivity contribution in [3.05, 3.63) is 59.2 Å². The van der Waals surface area contributed by atoms with E-state index in [4.69, 9.17) is 16.7 Å². The molecule has 0 radical (unpaired) electrons. The summed E-state index contributed by atoms with van der Waals surface area (Å²) in [5.74, 6) is -1.05. The molecule has 1 heterocycles. The summed E-state index contributed by atoms with van der Waals surface area (Å²) in [6.45, 7) is 0. The van der Waals surface area contributed by atoms with Gasteiger partial charge in [0.1, 0.15) is 5.03 Å². The smallest absolute Gasteiger partial charge is 0.337 e. The molecule has 0 aliphatic carbocycles. The Labute approximate surface area is 129 Å². The van der Waals surface area contributed by atoms with Crippen molar-refractivity contribution in [2.45, 2.75) is 9.92 Å². The lowest BCUT2D eigenvalue weighted by molar-refractivity contribution is 0.0697. The van der Waals surface area contributed by atoms with E-state index < -0.39 is 5.97 Å². The number of aromatic carboxylic acids is 1. The van der Waals surface area contributed by atoms with Gasteiger partial charge in [-0.25, -0.2) is 4.79 Å². The zero-order chi connectivity index (χ0) is 14.8. The van der Waals surface area contributed by atoms with Crippen LogP contribution < -0.4 is 0 Å². The van der Waals surface area contributed by atoms with Crippen LogP contribution in [0.4, 0.5) is 0 Å². The second-order valence-electron chi connectivity index (χ2n) is 4.29. The molecule has 0 saturated heterocycles. The van der Waals surface area contributed by atoms with Crippen LogP contribution in [-0.2, 0) is 0 Å². The SMILES string of the molecule is O=C(O)c1cc(Sc2nncc3ccccc23)ccc1Cl. The third-order valence-electron chi connectivity index (χ3n) is 2.92. The average Bonchev–Trinajstić information content (AvgIpc) is 2.49. The number of halogens is 1. The van der Waals surface area contributed by atoms with Gasteiger partial charge in [-0.1, -0.05) is 47.6 Å². The van der Waals surface area contributed by atoms with Gasteiger partial charge in [0, 0.05) is 15.7 Å². The molecule has 0 aliphatic rings. The molecule has 1 N–H and O–H groups in total. The number of hydrogen-bond donors (Lipinski definition) is 1. The Bertz CT molecular complexity index is 834. The Morgan fingerprint density at radius 1 is 1.19 bits per heavy atom. The van der Waals surface area contributed by atoms with Crippen LogP contribution in [0.15, 0.2) is 58.6 Å². The molecule has 0 unspecified atom stereocenters. The third-order valence-corrected chi connectivity index (χ3v) is 4.23. The van der Waals surface area contributed by atoms with E-state index in [9.17, 15) is 4.79 Å². The van der Waals surface area contributed by atoms with E-state index in [2.05, 4.69) is 10.2 Å². The molecule has 0 aliphatic heterocycles. The van der Waals surface area contributed by atoms with Crippen molar-refractivity contribution in [3.8, 4) is 0 Å². The van der Waals surface area contributed by atoms with Crippen LogP contribution in [0.3, 0.4) is 0 Å². The number of fused-ring (bicyclic) bond motifs is 1. The number of rotatable bonds is 3. The lowest BCUT2D eigenvalue weighted by Gasteiger charge is -2.06. The first-order chi connectivity index (χ1) is 10.1. The van der Waals surface area contributed by atoms with E-state index in [1.54, 1.807) is 24.4 Å². The fourth-order valence-electron chi connectivity index (χ4n) is 1.92. The van der Waals surface area contributed by atoms with Crippen molar-refractivity contribution in [1.29, 1.82) is 0 Å². The van der Waals surface area contributed by atoms with E-state index in [1.165, 1.54) is 11.8 Å². The highest BCUT2D eigenvalue weighted by Gasteiger charge is 2.11. The highest BCUT2D eigenvalue weighted by molar-refractivity contribution is 7.99. The molecule has 2 aromatic carbocycles. The molecular weight excluding hydrogens is 308 g/mol. The largest absolute Gasteiger partial charge is 0.478 e. The molecule has 1 aromatic heterocycles. The Hall–Kier alpha value is -2.11. The number of carboxylic acid groups (broad SMARTS) is 1. The van der Waals surface area contributed by atoms with Crippen molar-refractivity contribution in [2.75, 3.05) is 0 Å². The van der Waals surface area contributed by atoms with Gasteiger partial charge in [-0.05, 0) is 18.2 Å². The number of nitrogens with zero attached hydrogens (tertiary/aromatic N) is 2. The summed E-state index contributed by atoms with van der Waals surface area (Å²) in [4.78, 5) is 11.9. The minimum Gasteiger partial charge on any atom is -0.478 e. The van der Waals surface area contributed by atoms with Gasteiger partial charge in [-0.2, -0.15) is 5.10 Å². The molecule has 0 fully saturated rings. The molecule has 0 atom stereocenters. The van der Waals surface area contributed by atoms with Gasteiger partial charge in [0.2, 0.25) is 0 Å². The maximum absolute atomic E-state index is 11.1. The highest BCUT2D eigenvalue weighted by Crippen LogP contribution is 2.33. The van der Waals surface area contributed by atoms with E-state index in [0.717, 1.165) is 20.7 Å². The van der Waals surface area contributed by atoms with Gasteiger partial charge >= 0.3 is 5.97 Å². The molecule has 104 valence electrons. The summed E-state index contributed by atoms with van der Waals surface area (Å²) < 4.78 is 0. The van der Waals surface area contributed by atoms with Gasteiger partial charge in [-0.15, -0.1) is 5.10 Å².